The number of rotatable bonds is 12. The van der Waals surface area contributed by atoms with Crippen molar-refractivity contribution in [3.63, 3.8) is 0 Å². The molecule has 0 spiro atoms. The van der Waals surface area contributed by atoms with Crippen molar-refractivity contribution in [2.75, 3.05) is 56.9 Å². The van der Waals surface area contributed by atoms with Crippen LogP contribution >= 0.6 is 0 Å². The molecule has 10 nitrogen and oxygen atoms in total. The van der Waals surface area contributed by atoms with Crippen LogP contribution in [0.15, 0.2) is 97.1 Å². The van der Waals surface area contributed by atoms with Gasteiger partial charge in [-0.3, -0.25) is 0 Å². The fourth-order valence-electron chi connectivity index (χ4n) is 7.56. The fourth-order valence-corrected chi connectivity index (χ4v) is 7.56. The molecule has 10 heteroatoms. The van der Waals surface area contributed by atoms with Crippen molar-refractivity contribution in [2.24, 2.45) is 0 Å². The second-order valence-corrected chi connectivity index (χ2v) is 12.9. The number of aromatic nitrogens is 2. The number of ether oxygens (including phenoxy) is 8. The normalized spacial score (nSPS) is 11.3. The molecule has 2 aromatic heterocycles. The van der Waals surface area contributed by atoms with Crippen LogP contribution in [-0.2, 0) is 0 Å². The molecule has 0 atom stereocenters. The van der Waals surface area contributed by atoms with Gasteiger partial charge >= 0.3 is 0 Å². The van der Waals surface area contributed by atoms with E-state index in [1.165, 1.54) is 0 Å². The van der Waals surface area contributed by atoms with Crippen LogP contribution in [0.25, 0.3) is 55.0 Å². The standard InChI is InChI=1S/C45H41N2O8/c1-48-28-9-13-38-32(21-28)33-22-29(49-2)10-14-39(33)46(38)26-17-42(52-5)36(43(18-26)53-6)25-37-44(54-7)19-27(20-45(37)55-8)47-40-15-11-30(50-3)23-34(40)35-24-31(51-4)12-16-41(35)47/h9-25H,1-8H3/q+1. The first kappa shape index (κ1) is 35.2. The molecule has 0 bridgehead atoms. The summed E-state index contributed by atoms with van der Waals surface area (Å²) in [6.45, 7) is 0. The van der Waals surface area contributed by atoms with Gasteiger partial charge in [0.05, 0.1) is 90.3 Å². The van der Waals surface area contributed by atoms with Crippen molar-refractivity contribution in [2.45, 2.75) is 0 Å². The molecule has 0 fully saturated rings. The Morgan fingerprint density at radius 1 is 0.327 bits per heavy atom. The van der Waals surface area contributed by atoms with Gasteiger partial charge in [0.2, 0.25) is 0 Å². The number of fused-ring (bicyclic) bond motifs is 6. The lowest BCUT2D eigenvalue weighted by atomic mass is 9.99. The molecule has 0 radical (unpaired) electrons. The van der Waals surface area contributed by atoms with Crippen molar-refractivity contribution in [1.82, 2.24) is 9.13 Å². The van der Waals surface area contributed by atoms with Crippen LogP contribution in [0.2, 0.25) is 0 Å². The van der Waals surface area contributed by atoms with E-state index in [4.69, 9.17) is 37.9 Å². The maximum Gasteiger partial charge on any atom is 0.196 e. The van der Waals surface area contributed by atoms with Crippen LogP contribution in [0.5, 0.6) is 46.0 Å². The molecule has 8 aromatic rings. The first-order chi connectivity index (χ1) is 26.9. The number of nitrogens with zero attached hydrogens (tertiary/aromatic N) is 2. The van der Waals surface area contributed by atoms with Gasteiger partial charge in [-0.25, -0.2) is 0 Å². The monoisotopic (exact) mass is 737 g/mol. The van der Waals surface area contributed by atoms with E-state index < -0.39 is 0 Å². The topological polar surface area (TPSA) is 83.7 Å². The second kappa shape index (κ2) is 14.2. The molecule has 0 aliphatic rings. The zero-order valence-corrected chi connectivity index (χ0v) is 32.0. The Morgan fingerprint density at radius 2 is 0.582 bits per heavy atom. The first-order valence-electron chi connectivity index (χ1n) is 17.6. The van der Waals surface area contributed by atoms with E-state index in [0.29, 0.717) is 23.0 Å². The summed E-state index contributed by atoms with van der Waals surface area (Å²) in [6, 6.07) is 32.3. The largest absolute Gasteiger partial charge is 0.497 e. The smallest absolute Gasteiger partial charge is 0.196 e. The summed E-state index contributed by atoms with van der Waals surface area (Å²) >= 11 is 0. The van der Waals surface area contributed by atoms with Crippen LogP contribution in [0.1, 0.15) is 11.1 Å². The molecule has 0 amide bonds. The molecule has 6 aromatic carbocycles. The highest BCUT2D eigenvalue weighted by Gasteiger charge is 2.29. The SMILES string of the molecule is COc1ccc2c(c1)c1cc(OC)ccc1n2-c1cc(OC)c([CH+]c2c(OC)cc(-n3c4ccc(OC)cc4c4cc(OC)ccc43)cc2OC)c(OC)c1. The minimum Gasteiger partial charge on any atom is -0.497 e. The maximum absolute atomic E-state index is 6.09. The van der Waals surface area contributed by atoms with Gasteiger partial charge < -0.3 is 47.0 Å². The molecule has 2 heterocycles. The van der Waals surface area contributed by atoms with Gasteiger partial charge in [-0.05, 0) is 72.8 Å². The Balaban J connectivity index is 1.28. The summed E-state index contributed by atoms with van der Waals surface area (Å²) in [4.78, 5) is 0. The van der Waals surface area contributed by atoms with Crippen LogP contribution < -0.4 is 37.9 Å². The number of hydrogen-bond acceptors (Lipinski definition) is 8. The van der Waals surface area contributed by atoms with E-state index in [2.05, 4.69) is 33.4 Å². The van der Waals surface area contributed by atoms with Crippen molar-refractivity contribution in [3.8, 4) is 57.4 Å². The van der Waals surface area contributed by atoms with E-state index in [1.807, 2.05) is 79.2 Å². The maximum atomic E-state index is 6.09. The van der Waals surface area contributed by atoms with Gasteiger partial charge in [0, 0.05) is 52.2 Å². The summed E-state index contributed by atoms with van der Waals surface area (Å²) < 4.78 is 51.1. The molecule has 0 saturated carbocycles. The molecule has 8 rings (SSSR count). The van der Waals surface area contributed by atoms with Gasteiger partial charge in [0.15, 0.2) is 34.1 Å². The minimum absolute atomic E-state index is 0.602. The van der Waals surface area contributed by atoms with E-state index >= 15 is 0 Å². The van der Waals surface area contributed by atoms with Crippen molar-refractivity contribution in [3.05, 3.63) is 115 Å². The van der Waals surface area contributed by atoms with E-state index in [9.17, 15) is 0 Å². The molecule has 0 unspecified atom stereocenters. The van der Waals surface area contributed by atoms with Crippen molar-refractivity contribution in [1.29, 1.82) is 0 Å². The summed E-state index contributed by atoms with van der Waals surface area (Å²) in [5.41, 5.74) is 7.12. The molecule has 55 heavy (non-hydrogen) atoms. The second-order valence-electron chi connectivity index (χ2n) is 12.9. The highest BCUT2D eigenvalue weighted by molar-refractivity contribution is 6.11. The highest BCUT2D eigenvalue weighted by Crippen LogP contribution is 2.45. The summed E-state index contributed by atoms with van der Waals surface area (Å²) in [6.07, 6.45) is 1.98. The van der Waals surface area contributed by atoms with Gasteiger partial charge in [0.1, 0.15) is 23.0 Å². The number of hydrogen-bond donors (Lipinski definition) is 0. The Bertz CT molecular complexity index is 2390. The van der Waals surface area contributed by atoms with Gasteiger partial charge in [-0.1, -0.05) is 0 Å². The lowest BCUT2D eigenvalue weighted by molar-refractivity contribution is 0.384. The fraction of sp³-hybridized carbons (Fsp3) is 0.178. The summed E-state index contributed by atoms with van der Waals surface area (Å²) in [5, 5.41) is 4.10. The molecule has 0 aliphatic heterocycles. The van der Waals surface area contributed by atoms with E-state index in [-0.39, 0.29) is 0 Å². The predicted molar refractivity (Wildman–Crippen MR) is 216 cm³/mol. The Labute approximate surface area is 318 Å². The molecule has 278 valence electrons. The molecule has 0 N–H and O–H groups in total. The predicted octanol–water partition coefficient (Wildman–Crippen LogP) is 9.55. The van der Waals surface area contributed by atoms with Gasteiger partial charge in [0.25, 0.3) is 0 Å². The minimum atomic E-state index is 0.602. The zero-order valence-electron chi connectivity index (χ0n) is 32.0. The van der Waals surface area contributed by atoms with Gasteiger partial charge in [-0.2, -0.15) is 0 Å². The van der Waals surface area contributed by atoms with Crippen LogP contribution in [0, 0.1) is 6.42 Å². The molecule has 0 aliphatic carbocycles. The number of benzene rings is 6. The average molecular weight is 738 g/mol. The van der Waals surface area contributed by atoms with Crippen LogP contribution in [0.4, 0.5) is 0 Å². The molecular formula is C45H41N2O8+. The third-order valence-corrected chi connectivity index (χ3v) is 10.2. The van der Waals surface area contributed by atoms with E-state index in [1.54, 1.807) is 56.9 Å². The average Bonchev–Trinajstić information content (AvgIpc) is 3.74. The van der Waals surface area contributed by atoms with Gasteiger partial charge in [-0.15, -0.1) is 0 Å². The zero-order chi connectivity index (χ0) is 38.4. The Hall–Kier alpha value is -6.81. The highest BCUT2D eigenvalue weighted by atomic mass is 16.5. The molecular weight excluding hydrogens is 697 g/mol. The van der Waals surface area contributed by atoms with Crippen molar-refractivity contribution >= 4 is 43.6 Å². The third kappa shape index (κ3) is 5.77. The van der Waals surface area contributed by atoms with Crippen molar-refractivity contribution < 1.29 is 37.9 Å². The quantitative estimate of drug-likeness (QED) is 0.115. The third-order valence-electron chi connectivity index (χ3n) is 10.2. The lowest BCUT2D eigenvalue weighted by Crippen LogP contribution is -2.04. The first-order valence-corrected chi connectivity index (χ1v) is 17.6. The van der Waals surface area contributed by atoms with E-state index in [0.717, 1.165) is 89.1 Å². The molecule has 0 saturated heterocycles. The Morgan fingerprint density at radius 3 is 0.800 bits per heavy atom. The summed E-state index contributed by atoms with van der Waals surface area (Å²) in [7, 11) is 13.3. The summed E-state index contributed by atoms with van der Waals surface area (Å²) in [5.74, 6) is 5.47. The lowest BCUT2D eigenvalue weighted by Gasteiger charge is -2.16. The Kier molecular flexibility index (Phi) is 9.10. The number of methoxy groups -OCH3 is 8. The van der Waals surface area contributed by atoms with Crippen LogP contribution in [0.3, 0.4) is 0 Å². The van der Waals surface area contributed by atoms with Crippen LogP contribution in [-0.4, -0.2) is 66.0 Å².